The van der Waals surface area contributed by atoms with Gasteiger partial charge in [-0.25, -0.2) is 8.78 Å². The van der Waals surface area contributed by atoms with Crippen LogP contribution in [0.2, 0.25) is 0 Å². The molecule has 0 aliphatic carbocycles. The van der Waals surface area contributed by atoms with E-state index in [2.05, 4.69) is 0 Å². The van der Waals surface area contributed by atoms with E-state index >= 15 is 0 Å². The third kappa shape index (κ3) is 2.05. The quantitative estimate of drug-likeness (QED) is 0.740. The Kier molecular flexibility index (Phi) is 2.92. The summed E-state index contributed by atoms with van der Waals surface area (Å²) in [5, 5.41) is 0. The minimum atomic E-state index is -2.99. The van der Waals surface area contributed by atoms with Gasteiger partial charge in [0.15, 0.2) is 0 Å². The van der Waals surface area contributed by atoms with Crippen molar-refractivity contribution in [3.63, 3.8) is 0 Å². The lowest BCUT2D eigenvalue weighted by Crippen LogP contribution is -2.31. The summed E-state index contributed by atoms with van der Waals surface area (Å²) >= 11 is 0. The monoisotopic (exact) mass is 239 g/mol. The summed E-state index contributed by atoms with van der Waals surface area (Å²) in [6.45, 7) is 0. The molecule has 0 spiro atoms. The van der Waals surface area contributed by atoms with Gasteiger partial charge in [-0.2, -0.15) is 0 Å². The Bertz CT molecular complexity index is 485. The van der Waals surface area contributed by atoms with Gasteiger partial charge in [0.1, 0.15) is 0 Å². The molecule has 0 aromatic heterocycles. The number of carbonyl (C=O) groups excluding carboxylic acids is 2. The van der Waals surface area contributed by atoms with Gasteiger partial charge < -0.3 is 4.90 Å². The summed E-state index contributed by atoms with van der Waals surface area (Å²) in [4.78, 5) is 24.0. The summed E-state index contributed by atoms with van der Waals surface area (Å²) < 4.78 is 24.5. The fourth-order valence-electron chi connectivity index (χ4n) is 1.94. The first-order valence-corrected chi connectivity index (χ1v) is 5.22. The van der Waals surface area contributed by atoms with Gasteiger partial charge in [-0.1, -0.05) is 0 Å². The predicted molar refractivity (Wildman–Crippen MR) is 58.5 cm³/mol. The zero-order chi connectivity index (χ0) is 12.6. The number of anilines is 1. The molecule has 1 aliphatic heterocycles. The first-order chi connectivity index (χ1) is 8.00. The van der Waals surface area contributed by atoms with Crippen molar-refractivity contribution in [2.75, 3.05) is 11.9 Å². The van der Waals surface area contributed by atoms with Crippen LogP contribution in [0.5, 0.6) is 0 Å². The minimum absolute atomic E-state index is 0.00139. The number of Topliss-reactive ketones (excluding diaryl/α,β-unsaturated/α-hetero) is 1. The minimum Gasteiger partial charge on any atom is -0.315 e. The average Bonchev–Trinajstić information content (AvgIpc) is 2.32. The third-order valence-corrected chi connectivity index (χ3v) is 2.91. The molecular formula is C12H11F2NO2. The maximum Gasteiger partial charge on any atom is 0.300 e. The van der Waals surface area contributed by atoms with E-state index in [1.165, 1.54) is 17.0 Å². The van der Waals surface area contributed by atoms with E-state index in [9.17, 15) is 18.4 Å². The smallest absolute Gasteiger partial charge is 0.300 e. The number of rotatable bonds is 2. The Morgan fingerprint density at radius 1 is 1.35 bits per heavy atom. The second-order valence-corrected chi connectivity index (χ2v) is 3.96. The molecule has 17 heavy (non-hydrogen) atoms. The number of aryl methyl sites for hydroxylation is 1. The fraction of sp³-hybridized carbons (Fsp3) is 0.333. The molecule has 5 heteroatoms. The molecule has 90 valence electrons. The maximum atomic E-state index is 12.3. The van der Waals surface area contributed by atoms with Crippen LogP contribution < -0.4 is 4.90 Å². The Morgan fingerprint density at radius 3 is 2.71 bits per heavy atom. The van der Waals surface area contributed by atoms with Gasteiger partial charge in [-0.15, -0.1) is 0 Å². The number of hydrogen-bond acceptors (Lipinski definition) is 2. The van der Waals surface area contributed by atoms with Gasteiger partial charge in [0.05, 0.1) is 0 Å². The van der Waals surface area contributed by atoms with Crippen LogP contribution in [0.15, 0.2) is 18.2 Å². The van der Waals surface area contributed by atoms with Crippen LogP contribution in [0.25, 0.3) is 0 Å². The lowest BCUT2D eigenvalue weighted by atomic mass is 9.98. The van der Waals surface area contributed by atoms with Crippen LogP contribution in [0.1, 0.15) is 22.3 Å². The molecule has 0 radical (unpaired) electrons. The Morgan fingerprint density at radius 2 is 2.06 bits per heavy atom. The van der Waals surface area contributed by atoms with Crippen molar-refractivity contribution in [1.29, 1.82) is 0 Å². The van der Waals surface area contributed by atoms with Gasteiger partial charge in [0.2, 0.25) is 11.7 Å². The van der Waals surface area contributed by atoms with Gasteiger partial charge in [0, 0.05) is 24.7 Å². The second-order valence-electron chi connectivity index (χ2n) is 3.96. The molecule has 0 unspecified atom stereocenters. The Balaban J connectivity index is 2.39. The summed E-state index contributed by atoms with van der Waals surface area (Å²) in [7, 11) is 1.63. The number of carbonyl (C=O) groups is 2. The number of amides is 1. The van der Waals surface area contributed by atoms with E-state index in [1.54, 1.807) is 13.1 Å². The molecule has 2 rings (SSSR count). The van der Waals surface area contributed by atoms with E-state index in [0.29, 0.717) is 18.5 Å². The van der Waals surface area contributed by atoms with Crippen LogP contribution >= 0.6 is 0 Å². The van der Waals surface area contributed by atoms with Crippen LogP contribution in [0.3, 0.4) is 0 Å². The van der Waals surface area contributed by atoms with Crippen molar-refractivity contribution in [3.8, 4) is 0 Å². The number of nitrogens with zero attached hydrogens (tertiary/aromatic N) is 1. The standard InChI is InChI=1S/C12H11F2NO2/c1-15-9-4-2-8(11(17)12(13)14)6-7(9)3-5-10(15)16/h2,4,6,12H,3,5H2,1H3. The first-order valence-electron chi connectivity index (χ1n) is 5.22. The number of alkyl halides is 2. The summed E-state index contributed by atoms with van der Waals surface area (Å²) in [5.41, 5.74) is 1.45. The molecule has 0 fully saturated rings. The van der Waals surface area contributed by atoms with E-state index < -0.39 is 12.2 Å². The fourth-order valence-corrected chi connectivity index (χ4v) is 1.94. The zero-order valence-electron chi connectivity index (χ0n) is 9.24. The van der Waals surface area contributed by atoms with Crippen molar-refractivity contribution in [3.05, 3.63) is 29.3 Å². The van der Waals surface area contributed by atoms with Gasteiger partial charge >= 0.3 is 6.43 Å². The molecule has 0 saturated heterocycles. The highest BCUT2D eigenvalue weighted by Crippen LogP contribution is 2.28. The topological polar surface area (TPSA) is 37.4 Å². The summed E-state index contributed by atoms with van der Waals surface area (Å²) in [6.07, 6.45) is -2.16. The molecule has 0 atom stereocenters. The predicted octanol–water partition coefficient (Wildman–Crippen LogP) is 2.04. The number of ketones is 1. The molecule has 1 amide bonds. The number of hydrogen-bond donors (Lipinski definition) is 0. The molecular weight excluding hydrogens is 228 g/mol. The second kappa shape index (κ2) is 4.24. The SMILES string of the molecule is CN1C(=O)CCc2cc(C(=O)C(F)F)ccc21. The molecule has 0 saturated carbocycles. The largest absolute Gasteiger partial charge is 0.315 e. The van der Waals surface area contributed by atoms with Gasteiger partial charge in [-0.05, 0) is 30.2 Å². The molecule has 0 N–H and O–H groups in total. The lowest BCUT2D eigenvalue weighted by Gasteiger charge is -2.25. The van der Waals surface area contributed by atoms with Crippen molar-refractivity contribution >= 4 is 17.4 Å². The van der Waals surface area contributed by atoms with Crippen LogP contribution in [0, 0.1) is 0 Å². The Hall–Kier alpha value is -1.78. The summed E-state index contributed by atoms with van der Waals surface area (Å²) in [5.74, 6) is -1.18. The van der Waals surface area contributed by atoms with Crippen molar-refractivity contribution in [2.45, 2.75) is 19.3 Å². The average molecular weight is 239 g/mol. The zero-order valence-corrected chi connectivity index (χ0v) is 9.24. The van der Waals surface area contributed by atoms with Crippen molar-refractivity contribution < 1.29 is 18.4 Å². The van der Waals surface area contributed by atoms with E-state index in [0.717, 1.165) is 5.56 Å². The summed E-state index contributed by atoms with van der Waals surface area (Å²) in [6, 6.07) is 4.33. The van der Waals surface area contributed by atoms with Crippen molar-refractivity contribution in [2.24, 2.45) is 0 Å². The van der Waals surface area contributed by atoms with E-state index in [-0.39, 0.29) is 11.5 Å². The molecule has 1 aromatic rings. The van der Waals surface area contributed by atoms with Crippen LogP contribution in [-0.4, -0.2) is 25.2 Å². The Labute approximate surface area is 97.0 Å². The maximum absolute atomic E-state index is 12.3. The molecule has 3 nitrogen and oxygen atoms in total. The van der Waals surface area contributed by atoms with Crippen molar-refractivity contribution in [1.82, 2.24) is 0 Å². The molecule has 1 heterocycles. The van der Waals surface area contributed by atoms with E-state index in [1.807, 2.05) is 0 Å². The van der Waals surface area contributed by atoms with Crippen LogP contribution in [0.4, 0.5) is 14.5 Å². The van der Waals surface area contributed by atoms with Gasteiger partial charge in [0.25, 0.3) is 0 Å². The third-order valence-electron chi connectivity index (χ3n) is 2.91. The molecule has 0 bridgehead atoms. The highest BCUT2D eigenvalue weighted by molar-refractivity contribution is 6.01. The molecule has 1 aromatic carbocycles. The first kappa shape index (κ1) is 11.7. The number of benzene rings is 1. The van der Waals surface area contributed by atoms with Crippen LogP contribution in [-0.2, 0) is 11.2 Å². The highest BCUT2D eigenvalue weighted by atomic mass is 19.3. The van der Waals surface area contributed by atoms with Gasteiger partial charge in [-0.3, -0.25) is 9.59 Å². The number of fused-ring (bicyclic) bond motifs is 1. The van der Waals surface area contributed by atoms with E-state index in [4.69, 9.17) is 0 Å². The molecule has 1 aliphatic rings. The normalized spacial score (nSPS) is 15.1. The number of halogens is 2. The lowest BCUT2D eigenvalue weighted by molar-refractivity contribution is -0.118. The highest BCUT2D eigenvalue weighted by Gasteiger charge is 2.24.